The van der Waals surface area contributed by atoms with Gasteiger partial charge in [0.25, 0.3) is 0 Å². The minimum absolute atomic E-state index is 0.486. The zero-order valence-electron chi connectivity index (χ0n) is 13.2. The number of nitrogens with zero attached hydrogens (tertiary/aromatic N) is 3. The molecule has 0 saturated carbocycles. The molecular formula is C16H25N3O. The molecule has 1 atom stereocenters. The van der Waals surface area contributed by atoms with Gasteiger partial charge < -0.3 is 14.5 Å². The predicted molar refractivity (Wildman–Crippen MR) is 82.0 cm³/mol. The van der Waals surface area contributed by atoms with Gasteiger partial charge in [-0.2, -0.15) is 5.26 Å². The first-order valence-electron chi connectivity index (χ1n) is 6.79. The summed E-state index contributed by atoms with van der Waals surface area (Å²) in [6.07, 6.45) is 0.807. The minimum Gasteiger partial charge on any atom is -0.497 e. The molecule has 0 aliphatic carbocycles. The van der Waals surface area contributed by atoms with E-state index < -0.39 is 5.41 Å². The van der Waals surface area contributed by atoms with E-state index in [0.717, 1.165) is 24.3 Å². The Bertz CT molecular complexity index is 448. The van der Waals surface area contributed by atoms with Crippen LogP contribution in [0.1, 0.15) is 12.0 Å². The fraction of sp³-hybridized carbons (Fsp3) is 0.562. The molecule has 4 heteroatoms. The standard InChI is InChI=1S/C16H25N3O/c1-18(2)11-10-16(12-17,13-19(3)4)14-6-8-15(20-5)9-7-14/h6-9H,10-11,13H2,1-5H3/t16-/m0/s1. The van der Waals surface area contributed by atoms with Crippen molar-refractivity contribution >= 4 is 0 Å². The van der Waals surface area contributed by atoms with Crippen LogP contribution in [0.2, 0.25) is 0 Å². The van der Waals surface area contributed by atoms with Crippen LogP contribution in [0, 0.1) is 11.3 Å². The van der Waals surface area contributed by atoms with Crippen LogP contribution >= 0.6 is 0 Å². The van der Waals surface area contributed by atoms with Gasteiger partial charge in [0.1, 0.15) is 5.75 Å². The van der Waals surface area contributed by atoms with Gasteiger partial charge in [0.15, 0.2) is 0 Å². The highest BCUT2D eigenvalue weighted by atomic mass is 16.5. The lowest BCUT2D eigenvalue weighted by atomic mass is 9.78. The lowest BCUT2D eigenvalue weighted by Gasteiger charge is -2.31. The molecule has 0 aliphatic heterocycles. The normalized spacial score (nSPS) is 14.1. The number of ether oxygens (including phenoxy) is 1. The monoisotopic (exact) mass is 275 g/mol. The maximum atomic E-state index is 9.79. The second-order valence-electron chi connectivity index (χ2n) is 5.71. The molecule has 0 aromatic heterocycles. The van der Waals surface area contributed by atoms with Crippen molar-refractivity contribution in [2.24, 2.45) is 0 Å². The number of likely N-dealkylation sites (N-methyl/N-ethyl adjacent to an activating group) is 1. The quantitative estimate of drug-likeness (QED) is 0.763. The number of hydrogen-bond acceptors (Lipinski definition) is 4. The first kappa shape index (κ1) is 16.5. The minimum atomic E-state index is -0.486. The Kier molecular flexibility index (Phi) is 6.00. The van der Waals surface area contributed by atoms with E-state index in [9.17, 15) is 5.26 Å². The van der Waals surface area contributed by atoms with E-state index in [0.29, 0.717) is 6.54 Å². The van der Waals surface area contributed by atoms with Crippen molar-refractivity contribution < 1.29 is 4.74 Å². The van der Waals surface area contributed by atoms with Crippen LogP contribution in [0.25, 0.3) is 0 Å². The van der Waals surface area contributed by atoms with Crippen molar-refractivity contribution in [3.63, 3.8) is 0 Å². The van der Waals surface area contributed by atoms with Crippen molar-refractivity contribution in [3.8, 4) is 11.8 Å². The summed E-state index contributed by atoms with van der Waals surface area (Å²) in [4.78, 5) is 4.19. The largest absolute Gasteiger partial charge is 0.497 e. The van der Waals surface area contributed by atoms with Crippen molar-refractivity contribution in [1.82, 2.24) is 9.80 Å². The molecule has 0 N–H and O–H groups in total. The molecule has 0 bridgehead atoms. The van der Waals surface area contributed by atoms with E-state index in [2.05, 4.69) is 15.9 Å². The van der Waals surface area contributed by atoms with Crippen LogP contribution in [0.5, 0.6) is 5.75 Å². The molecule has 0 aliphatic rings. The van der Waals surface area contributed by atoms with Crippen molar-refractivity contribution in [2.45, 2.75) is 11.8 Å². The van der Waals surface area contributed by atoms with Crippen molar-refractivity contribution in [3.05, 3.63) is 29.8 Å². The van der Waals surface area contributed by atoms with Gasteiger partial charge in [-0.3, -0.25) is 0 Å². The molecule has 110 valence electrons. The number of methoxy groups -OCH3 is 1. The van der Waals surface area contributed by atoms with E-state index in [4.69, 9.17) is 4.74 Å². The van der Waals surface area contributed by atoms with Crippen LogP contribution in [0.4, 0.5) is 0 Å². The summed E-state index contributed by atoms with van der Waals surface area (Å²) in [5.41, 5.74) is 0.566. The molecule has 4 nitrogen and oxygen atoms in total. The summed E-state index contributed by atoms with van der Waals surface area (Å²) in [7, 11) is 9.73. The smallest absolute Gasteiger partial charge is 0.118 e. The van der Waals surface area contributed by atoms with Crippen molar-refractivity contribution in [1.29, 1.82) is 5.26 Å². The summed E-state index contributed by atoms with van der Waals surface area (Å²) in [6.45, 7) is 1.59. The molecule has 0 spiro atoms. The number of nitriles is 1. The highest BCUT2D eigenvalue weighted by Crippen LogP contribution is 2.30. The average molecular weight is 275 g/mol. The van der Waals surface area contributed by atoms with Crippen LogP contribution in [0.3, 0.4) is 0 Å². The SMILES string of the molecule is COc1ccc([C@](C#N)(CCN(C)C)CN(C)C)cc1. The third-order valence-corrected chi connectivity index (χ3v) is 3.43. The fourth-order valence-corrected chi connectivity index (χ4v) is 2.33. The van der Waals surface area contributed by atoms with Crippen molar-refractivity contribution in [2.75, 3.05) is 48.4 Å². The van der Waals surface area contributed by atoms with Crippen LogP contribution in [-0.4, -0.2) is 58.2 Å². The Morgan fingerprint density at radius 3 is 2.10 bits per heavy atom. The van der Waals surface area contributed by atoms with Crippen LogP contribution < -0.4 is 4.74 Å². The maximum Gasteiger partial charge on any atom is 0.118 e. The second kappa shape index (κ2) is 7.28. The third kappa shape index (κ3) is 4.22. The van der Waals surface area contributed by atoms with E-state index in [1.807, 2.05) is 52.5 Å². The topological polar surface area (TPSA) is 39.5 Å². The molecule has 0 heterocycles. The van der Waals surface area contributed by atoms with Gasteiger partial charge in [0.05, 0.1) is 18.6 Å². The Morgan fingerprint density at radius 1 is 1.10 bits per heavy atom. The first-order chi connectivity index (χ1) is 9.43. The van der Waals surface area contributed by atoms with Gasteiger partial charge in [0, 0.05) is 6.54 Å². The van der Waals surface area contributed by atoms with Crippen LogP contribution in [-0.2, 0) is 5.41 Å². The summed E-state index contributed by atoms with van der Waals surface area (Å²) >= 11 is 0. The molecule has 0 saturated heterocycles. The molecule has 0 fully saturated rings. The molecule has 1 aromatic carbocycles. The molecule has 0 amide bonds. The lowest BCUT2D eigenvalue weighted by Crippen LogP contribution is -2.39. The van der Waals surface area contributed by atoms with E-state index in [1.165, 1.54) is 0 Å². The fourth-order valence-electron chi connectivity index (χ4n) is 2.33. The van der Waals surface area contributed by atoms with Gasteiger partial charge in [-0.1, -0.05) is 12.1 Å². The molecule has 0 radical (unpaired) electrons. The molecular weight excluding hydrogens is 250 g/mol. The molecule has 20 heavy (non-hydrogen) atoms. The Hall–Kier alpha value is -1.57. The summed E-state index contributed by atoms with van der Waals surface area (Å²) in [5, 5.41) is 9.79. The van der Waals surface area contributed by atoms with E-state index >= 15 is 0 Å². The zero-order chi connectivity index (χ0) is 15.2. The Balaban J connectivity index is 3.09. The second-order valence-corrected chi connectivity index (χ2v) is 5.71. The van der Waals surface area contributed by atoms with Gasteiger partial charge >= 0.3 is 0 Å². The van der Waals surface area contributed by atoms with E-state index in [-0.39, 0.29) is 0 Å². The van der Waals surface area contributed by atoms with Gasteiger partial charge in [-0.15, -0.1) is 0 Å². The lowest BCUT2D eigenvalue weighted by molar-refractivity contribution is 0.284. The summed E-state index contributed by atoms with van der Waals surface area (Å²) in [5.74, 6) is 0.818. The molecule has 0 unspecified atom stereocenters. The zero-order valence-corrected chi connectivity index (χ0v) is 13.2. The van der Waals surface area contributed by atoms with Gasteiger partial charge in [-0.25, -0.2) is 0 Å². The van der Waals surface area contributed by atoms with E-state index in [1.54, 1.807) is 7.11 Å². The third-order valence-electron chi connectivity index (χ3n) is 3.43. The molecule has 1 rings (SSSR count). The number of benzene rings is 1. The van der Waals surface area contributed by atoms with Gasteiger partial charge in [0.2, 0.25) is 0 Å². The number of hydrogen-bond donors (Lipinski definition) is 0. The Morgan fingerprint density at radius 2 is 1.70 bits per heavy atom. The average Bonchev–Trinajstić information content (AvgIpc) is 2.43. The maximum absolute atomic E-state index is 9.79. The summed E-state index contributed by atoms with van der Waals surface area (Å²) < 4.78 is 5.19. The summed E-state index contributed by atoms with van der Waals surface area (Å²) in [6, 6.07) is 10.4. The Labute approximate surface area is 122 Å². The van der Waals surface area contributed by atoms with Crippen LogP contribution in [0.15, 0.2) is 24.3 Å². The van der Waals surface area contributed by atoms with Gasteiger partial charge in [-0.05, 0) is 58.9 Å². The number of rotatable bonds is 7. The first-order valence-corrected chi connectivity index (χ1v) is 6.79. The predicted octanol–water partition coefficient (Wildman–Crippen LogP) is 1.97. The molecule has 1 aromatic rings. The highest BCUT2D eigenvalue weighted by Gasteiger charge is 2.33. The highest BCUT2D eigenvalue weighted by molar-refractivity contribution is 5.37.